The van der Waals surface area contributed by atoms with E-state index in [-0.39, 0.29) is 12.5 Å². The van der Waals surface area contributed by atoms with Crippen LogP contribution in [0.4, 0.5) is 0 Å². The minimum absolute atomic E-state index is 0.00321. The van der Waals surface area contributed by atoms with E-state index in [1.54, 1.807) is 0 Å². The quantitative estimate of drug-likeness (QED) is 0.863. The number of fused-ring (bicyclic) bond motifs is 2. The third kappa shape index (κ3) is 3.12. The second kappa shape index (κ2) is 5.99. The van der Waals surface area contributed by atoms with Crippen molar-refractivity contribution in [2.45, 2.75) is 47.0 Å². The fourth-order valence-electron chi connectivity index (χ4n) is 3.99. The molecule has 0 spiro atoms. The van der Waals surface area contributed by atoms with Gasteiger partial charge in [-0.3, -0.25) is 4.79 Å². The van der Waals surface area contributed by atoms with E-state index in [0.29, 0.717) is 11.3 Å². The number of benzene rings is 1. The van der Waals surface area contributed by atoms with Crippen molar-refractivity contribution in [1.82, 2.24) is 5.43 Å². The number of amides is 1. The minimum Gasteiger partial charge on any atom is -0.484 e. The number of nitrogens with one attached hydrogen (secondary N) is 1. The predicted octanol–water partition coefficient (Wildman–Crippen LogP) is 3.61. The van der Waals surface area contributed by atoms with Crippen LogP contribution >= 0.6 is 0 Å². The first-order valence-corrected chi connectivity index (χ1v) is 8.43. The molecule has 2 bridgehead atoms. The van der Waals surface area contributed by atoms with Crippen molar-refractivity contribution in [3.8, 4) is 5.75 Å². The molecule has 0 saturated heterocycles. The van der Waals surface area contributed by atoms with E-state index in [4.69, 9.17) is 4.74 Å². The van der Waals surface area contributed by atoms with E-state index >= 15 is 0 Å². The average molecular weight is 314 g/mol. The molecular formula is C19H26N2O2. The van der Waals surface area contributed by atoms with Gasteiger partial charge >= 0.3 is 0 Å². The van der Waals surface area contributed by atoms with Crippen LogP contribution in [0.2, 0.25) is 0 Å². The number of nitrogens with zero attached hydrogens (tertiary/aromatic N) is 1. The predicted molar refractivity (Wildman–Crippen MR) is 91.6 cm³/mol. The van der Waals surface area contributed by atoms with Crippen molar-refractivity contribution in [3.63, 3.8) is 0 Å². The van der Waals surface area contributed by atoms with Crippen LogP contribution < -0.4 is 10.2 Å². The molecule has 0 aliphatic heterocycles. The summed E-state index contributed by atoms with van der Waals surface area (Å²) in [6, 6.07) is 5.84. The zero-order valence-electron chi connectivity index (χ0n) is 14.5. The fourth-order valence-corrected chi connectivity index (χ4v) is 3.99. The van der Waals surface area contributed by atoms with E-state index in [1.165, 1.54) is 18.4 Å². The highest BCUT2D eigenvalue weighted by atomic mass is 16.5. The Kier molecular flexibility index (Phi) is 4.17. The molecule has 1 aromatic carbocycles. The molecule has 0 unspecified atom stereocenters. The van der Waals surface area contributed by atoms with Gasteiger partial charge in [0.05, 0.1) is 0 Å². The lowest BCUT2D eigenvalue weighted by molar-refractivity contribution is -0.123. The van der Waals surface area contributed by atoms with Crippen LogP contribution in [-0.4, -0.2) is 18.2 Å². The van der Waals surface area contributed by atoms with Gasteiger partial charge in [0, 0.05) is 11.6 Å². The Balaban J connectivity index is 1.52. The minimum atomic E-state index is -0.198. The van der Waals surface area contributed by atoms with Crippen LogP contribution in [0.5, 0.6) is 5.75 Å². The van der Waals surface area contributed by atoms with E-state index in [9.17, 15) is 4.79 Å². The molecule has 3 rings (SSSR count). The SMILES string of the molecule is Cc1ccc(OCC(=O)N/N=C2/C[C@H]3CC[C@H]2C3(C)C)cc1C. The van der Waals surface area contributed by atoms with Gasteiger partial charge in [-0.05, 0) is 67.7 Å². The maximum atomic E-state index is 11.9. The Morgan fingerprint density at radius 3 is 2.70 bits per heavy atom. The summed E-state index contributed by atoms with van der Waals surface area (Å²) < 4.78 is 5.54. The summed E-state index contributed by atoms with van der Waals surface area (Å²) in [6.45, 7) is 8.73. The van der Waals surface area contributed by atoms with Crippen LogP contribution in [0.3, 0.4) is 0 Å². The van der Waals surface area contributed by atoms with Crippen LogP contribution in [0.25, 0.3) is 0 Å². The number of carbonyl (C=O) groups is 1. The smallest absolute Gasteiger partial charge is 0.277 e. The van der Waals surface area contributed by atoms with Crippen LogP contribution in [0, 0.1) is 31.1 Å². The molecule has 4 heteroatoms. The zero-order valence-corrected chi connectivity index (χ0v) is 14.5. The van der Waals surface area contributed by atoms with Gasteiger partial charge in [0.25, 0.3) is 5.91 Å². The van der Waals surface area contributed by atoms with E-state index < -0.39 is 0 Å². The van der Waals surface area contributed by atoms with Gasteiger partial charge in [-0.25, -0.2) is 5.43 Å². The summed E-state index contributed by atoms with van der Waals surface area (Å²) in [7, 11) is 0. The van der Waals surface area contributed by atoms with Gasteiger partial charge in [-0.15, -0.1) is 0 Å². The molecule has 2 aliphatic carbocycles. The number of rotatable bonds is 4. The zero-order chi connectivity index (χ0) is 16.6. The summed E-state index contributed by atoms with van der Waals surface area (Å²) in [5.41, 5.74) is 6.53. The van der Waals surface area contributed by atoms with Crippen molar-refractivity contribution >= 4 is 11.6 Å². The molecule has 0 heterocycles. The maximum absolute atomic E-state index is 11.9. The summed E-state index contributed by atoms with van der Waals surface area (Å²) in [5, 5.41) is 4.38. The third-order valence-electron chi connectivity index (χ3n) is 5.78. The molecule has 0 aromatic heterocycles. The van der Waals surface area contributed by atoms with Crippen molar-refractivity contribution in [1.29, 1.82) is 0 Å². The second-order valence-electron chi connectivity index (χ2n) is 7.53. The highest BCUT2D eigenvalue weighted by Crippen LogP contribution is 2.55. The first-order valence-electron chi connectivity index (χ1n) is 8.43. The highest BCUT2D eigenvalue weighted by Gasteiger charge is 2.51. The summed E-state index contributed by atoms with van der Waals surface area (Å²) >= 11 is 0. The lowest BCUT2D eigenvalue weighted by atomic mass is 9.82. The first kappa shape index (κ1) is 16.0. The molecule has 124 valence electrons. The Labute approximate surface area is 138 Å². The molecule has 2 saturated carbocycles. The van der Waals surface area contributed by atoms with Crippen molar-refractivity contribution < 1.29 is 9.53 Å². The Hall–Kier alpha value is -1.84. The average Bonchev–Trinajstić information content (AvgIpc) is 2.94. The summed E-state index contributed by atoms with van der Waals surface area (Å²) in [5.74, 6) is 1.76. The van der Waals surface area contributed by atoms with Gasteiger partial charge in [-0.1, -0.05) is 19.9 Å². The van der Waals surface area contributed by atoms with Crippen molar-refractivity contribution in [3.05, 3.63) is 29.3 Å². The van der Waals surface area contributed by atoms with Crippen LogP contribution in [0.1, 0.15) is 44.2 Å². The van der Waals surface area contributed by atoms with Gasteiger partial charge < -0.3 is 4.74 Å². The van der Waals surface area contributed by atoms with Gasteiger partial charge in [0.1, 0.15) is 5.75 Å². The second-order valence-corrected chi connectivity index (χ2v) is 7.53. The molecule has 4 nitrogen and oxygen atoms in total. The fraction of sp³-hybridized carbons (Fsp3) is 0.579. The first-order chi connectivity index (χ1) is 10.9. The van der Waals surface area contributed by atoms with E-state index in [2.05, 4.69) is 31.3 Å². The standard InChI is InChI=1S/C19H26N2O2/c1-12-5-7-15(9-13(12)2)23-11-18(22)21-20-17-10-14-6-8-16(17)19(14,3)4/h5,7,9,14,16H,6,8,10-11H2,1-4H3,(H,21,22)/b20-17-/t14-,16-/m1/s1. The largest absolute Gasteiger partial charge is 0.484 e. The van der Waals surface area contributed by atoms with Crippen LogP contribution in [-0.2, 0) is 4.79 Å². The number of hydrogen-bond donors (Lipinski definition) is 1. The Bertz CT molecular complexity index is 649. The Morgan fingerprint density at radius 2 is 2.09 bits per heavy atom. The molecule has 2 aliphatic rings. The lowest BCUT2D eigenvalue weighted by Gasteiger charge is -2.22. The molecule has 1 aromatic rings. The summed E-state index contributed by atoms with van der Waals surface area (Å²) in [6.07, 6.45) is 3.52. The number of hydrazone groups is 1. The van der Waals surface area contributed by atoms with Crippen LogP contribution in [0.15, 0.2) is 23.3 Å². The Morgan fingerprint density at radius 1 is 1.30 bits per heavy atom. The molecule has 0 radical (unpaired) electrons. The maximum Gasteiger partial charge on any atom is 0.277 e. The van der Waals surface area contributed by atoms with Crippen molar-refractivity contribution in [2.75, 3.05) is 6.61 Å². The molecule has 2 atom stereocenters. The number of ether oxygens (including phenoxy) is 1. The van der Waals surface area contributed by atoms with Crippen molar-refractivity contribution in [2.24, 2.45) is 22.4 Å². The normalized spacial score (nSPS) is 26.5. The number of carbonyl (C=O) groups excluding carboxylic acids is 1. The highest BCUT2D eigenvalue weighted by molar-refractivity contribution is 5.92. The summed E-state index contributed by atoms with van der Waals surface area (Å²) in [4.78, 5) is 11.9. The molecule has 23 heavy (non-hydrogen) atoms. The number of hydrogen-bond acceptors (Lipinski definition) is 3. The topological polar surface area (TPSA) is 50.7 Å². The van der Waals surface area contributed by atoms with E-state index in [0.717, 1.165) is 29.4 Å². The monoisotopic (exact) mass is 314 g/mol. The van der Waals surface area contributed by atoms with Gasteiger partial charge in [-0.2, -0.15) is 5.10 Å². The van der Waals surface area contributed by atoms with Gasteiger partial charge in [0.15, 0.2) is 6.61 Å². The van der Waals surface area contributed by atoms with Gasteiger partial charge in [0.2, 0.25) is 0 Å². The lowest BCUT2D eigenvalue weighted by Crippen LogP contribution is -2.27. The molecule has 1 N–H and O–H groups in total. The molecule has 2 fully saturated rings. The molecule has 1 amide bonds. The number of aryl methyl sites for hydroxylation is 2. The van der Waals surface area contributed by atoms with E-state index in [1.807, 2.05) is 25.1 Å². The third-order valence-corrected chi connectivity index (χ3v) is 5.78. The molecular weight excluding hydrogens is 288 g/mol.